The zero-order valence-corrected chi connectivity index (χ0v) is 16.9. The molecule has 1 saturated carbocycles. The van der Waals surface area contributed by atoms with Crippen molar-refractivity contribution in [1.82, 2.24) is 0 Å². The van der Waals surface area contributed by atoms with E-state index >= 15 is 0 Å². The number of ether oxygens (including phenoxy) is 1. The molecule has 4 nitrogen and oxygen atoms in total. The fourth-order valence-electron chi connectivity index (χ4n) is 3.80. The Morgan fingerprint density at radius 1 is 0.966 bits per heavy atom. The van der Waals surface area contributed by atoms with Crippen molar-refractivity contribution in [2.24, 2.45) is 5.92 Å². The highest BCUT2D eigenvalue weighted by Crippen LogP contribution is 2.33. The van der Waals surface area contributed by atoms with Crippen molar-refractivity contribution in [3.63, 3.8) is 0 Å². The van der Waals surface area contributed by atoms with Gasteiger partial charge in [0.25, 0.3) is 0 Å². The summed E-state index contributed by atoms with van der Waals surface area (Å²) < 4.78 is 5.66. The van der Waals surface area contributed by atoms with Gasteiger partial charge in [0, 0.05) is 19.3 Å². The van der Waals surface area contributed by atoms with Crippen molar-refractivity contribution < 1.29 is 19.1 Å². The Hall–Kier alpha value is -2.75. The van der Waals surface area contributed by atoms with Gasteiger partial charge in [0.05, 0.1) is 6.61 Å². The molecule has 2 aromatic rings. The number of rotatable bonds is 9. The van der Waals surface area contributed by atoms with Gasteiger partial charge in [-0.25, -0.2) is 0 Å². The fraction of sp³-hybridized carbons (Fsp3) is 0.400. The molecule has 152 valence electrons. The molecule has 0 amide bonds. The van der Waals surface area contributed by atoms with E-state index in [1.54, 1.807) is 0 Å². The van der Waals surface area contributed by atoms with E-state index in [9.17, 15) is 14.4 Å². The summed E-state index contributed by atoms with van der Waals surface area (Å²) in [7, 11) is 0. The predicted octanol–water partition coefficient (Wildman–Crippen LogP) is 4.70. The Balaban J connectivity index is 1.57. The molecule has 0 spiro atoms. The van der Waals surface area contributed by atoms with Gasteiger partial charge in [-0.3, -0.25) is 14.4 Å². The first-order chi connectivity index (χ1) is 14.1. The monoisotopic (exact) mass is 392 g/mol. The average molecular weight is 392 g/mol. The number of carbonyl (C=O) groups excluding carboxylic acids is 3. The first-order valence-corrected chi connectivity index (χ1v) is 10.4. The minimum atomic E-state index is -1.08. The maximum atomic E-state index is 12.6. The van der Waals surface area contributed by atoms with Crippen molar-refractivity contribution in [1.29, 1.82) is 0 Å². The number of carbonyl (C=O) groups is 3. The second kappa shape index (κ2) is 10.1. The molecular weight excluding hydrogens is 364 g/mol. The minimum absolute atomic E-state index is 0.155. The topological polar surface area (TPSA) is 60.4 Å². The van der Waals surface area contributed by atoms with Crippen LogP contribution in [0.4, 0.5) is 0 Å². The molecule has 1 fully saturated rings. The minimum Gasteiger partial charge on any atom is -0.494 e. The first kappa shape index (κ1) is 21.0. The molecule has 0 bridgehead atoms. The lowest BCUT2D eigenvalue weighted by molar-refractivity contribution is -0.142. The van der Waals surface area contributed by atoms with Gasteiger partial charge < -0.3 is 4.74 Å². The molecule has 0 aromatic heterocycles. The van der Waals surface area contributed by atoms with Crippen LogP contribution in [0.25, 0.3) is 0 Å². The van der Waals surface area contributed by atoms with Gasteiger partial charge in [0.1, 0.15) is 11.7 Å². The maximum Gasteiger partial charge on any atom is 0.151 e. The van der Waals surface area contributed by atoms with Crippen LogP contribution in [0.5, 0.6) is 5.75 Å². The molecule has 0 saturated heterocycles. The Morgan fingerprint density at radius 2 is 1.62 bits per heavy atom. The van der Waals surface area contributed by atoms with Gasteiger partial charge in [-0.1, -0.05) is 55.8 Å². The van der Waals surface area contributed by atoms with Crippen LogP contribution in [0.1, 0.15) is 56.1 Å². The van der Waals surface area contributed by atoms with Crippen LogP contribution in [0.3, 0.4) is 0 Å². The standard InChI is InChI=1S/C25H28O4/c1-2-3-15-29-21-12-10-19(11-13-21)20-16-23(27)25(24(28)17-20)22(26)14-9-18-7-5-4-6-8-18/h4-8,10-13,20,25H,2-3,9,14-17H2,1H3. The summed E-state index contributed by atoms with van der Waals surface area (Å²) in [5.41, 5.74) is 1.99. The van der Waals surface area contributed by atoms with E-state index in [4.69, 9.17) is 4.74 Å². The van der Waals surface area contributed by atoms with Gasteiger partial charge in [0.15, 0.2) is 17.3 Å². The van der Waals surface area contributed by atoms with E-state index in [0.717, 1.165) is 29.7 Å². The van der Waals surface area contributed by atoms with Crippen molar-refractivity contribution in [2.75, 3.05) is 6.61 Å². The number of ketones is 3. The second-order valence-corrected chi connectivity index (χ2v) is 7.69. The number of Topliss-reactive ketones (excluding diaryl/α,β-unsaturated/α-hetero) is 3. The molecular formula is C25H28O4. The van der Waals surface area contributed by atoms with E-state index in [0.29, 0.717) is 13.0 Å². The van der Waals surface area contributed by atoms with Crippen molar-refractivity contribution in [2.45, 2.75) is 51.4 Å². The Morgan fingerprint density at radius 3 is 2.24 bits per heavy atom. The molecule has 0 unspecified atom stereocenters. The summed E-state index contributed by atoms with van der Waals surface area (Å²) >= 11 is 0. The van der Waals surface area contributed by atoms with E-state index in [2.05, 4.69) is 6.92 Å². The van der Waals surface area contributed by atoms with Crippen LogP contribution in [-0.2, 0) is 20.8 Å². The molecule has 0 heterocycles. The van der Waals surface area contributed by atoms with Crippen LogP contribution in [0.2, 0.25) is 0 Å². The van der Waals surface area contributed by atoms with Gasteiger partial charge in [-0.05, 0) is 42.0 Å². The molecule has 3 rings (SSSR count). The fourth-order valence-corrected chi connectivity index (χ4v) is 3.80. The molecule has 0 radical (unpaired) electrons. The Bertz CT molecular complexity index is 821. The number of aryl methyl sites for hydroxylation is 1. The lowest BCUT2D eigenvalue weighted by Crippen LogP contribution is -2.38. The summed E-state index contributed by atoms with van der Waals surface area (Å²) in [6.07, 6.45) is 3.34. The van der Waals surface area contributed by atoms with Gasteiger partial charge in [-0.2, -0.15) is 0 Å². The Kier molecular flexibility index (Phi) is 7.34. The van der Waals surface area contributed by atoms with Crippen LogP contribution in [0.15, 0.2) is 54.6 Å². The lowest BCUT2D eigenvalue weighted by atomic mass is 9.74. The number of hydrogen-bond donors (Lipinski definition) is 0. The third kappa shape index (κ3) is 5.63. The van der Waals surface area contributed by atoms with Gasteiger partial charge in [0.2, 0.25) is 0 Å². The largest absolute Gasteiger partial charge is 0.494 e. The van der Waals surface area contributed by atoms with Crippen molar-refractivity contribution >= 4 is 17.3 Å². The third-order valence-corrected chi connectivity index (χ3v) is 5.48. The summed E-state index contributed by atoms with van der Waals surface area (Å²) in [5, 5.41) is 0. The van der Waals surface area contributed by atoms with E-state index < -0.39 is 5.92 Å². The highest BCUT2D eigenvalue weighted by Gasteiger charge is 2.39. The number of unbranched alkanes of at least 4 members (excludes halogenated alkanes) is 1. The van der Waals surface area contributed by atoms with Crippen LogP contribution < -0.4 is 4.74 Å². The predicted molar refractivity (Wildman–Crippen MR) is 112 cm³/mol. The zero-order chi connectivity index (χ0) is 20.6. The van der Waals surface area contributed by atoms with Gasteiger partial charge in [-0.15, -0.1) is 0 Å². The number of hydrogen-bond acceptors (Lipinski definition) is 4. The van der Waals surface area contributed by atoms with E-state index in [1.165, 1.54) is 0 Å². The number of benzene rings is 2. The van der Waals surface area contributed by atoms with Crippen molar-refractivity contribution in [3.05, 3.63) is 65.7 Å². The summed E-state index contributed by atoms with van der Waals surface area (Å²) in [4.78, 5) is 37.8. The summed E-state index contributed by atoms with van der Waals surface area (Å²) in [5.74, 6) is -1.17. The molecule has 0 atom stereocenters. The SMILES string of the molecule is CCCCOc1ccc(C2CC(=O)C(C(=O)CCc3ccccc3)C(=O)C2)cc1. The van der Waals surface area contributed by atoms with E-state index in [-0.39, 0.29) is 42.5 Å². The van der Waals surface area contributed by atoms with Crippen LogP contribution >= 0.6 is 0 Å². The summed E-state index contributed by atoms with van der Waals surface area (Å²) in [6.45, 7) is 2.80. The lowest BCUT2D eigenvalue weighted by Gasteiger charge is -2.26. The second-order valence-electron chi connectivity index (χ2n) is 7.69. The smallest absolute Gasteiger partial charge is 0.151 e. The molecule has 29 heavy (non-hydrogen) atoms. The zero-order valence-electron chi connectivity index (χ0n) is 16.9. The normalized spacial score (nSPS) is 19.2. The van der Waals surface area contributed by atoms with Crippen LogP contribution in [0, 0.1) is 5.92 Å². The van der Waals surface area contributed by atoms with Gasteiger partial charge >= 0.3 is 0 Å². The third-order valence-electron chi connectivity index (χ3n) is 5.48. The molecule has 0 N–H and O–H groups in total. The van der Waals surface area contributed by atoms with Crippen molar-refractivity contribution in [3.8, 4) is 5.75 Å². The molecule has 1 aliphatic carbocycles. The quantitative estimate of drug-likeness (QED) is 0.458. The Labute approximate surface area is 172 Å². The summed E-state index contributed by atoms with van der Waals surface area (Å²) in [6, 6.07) is 17.3. The highest BCUT2D eigenvalue weighted by molar-refractivity contribution is 6.21. The molecule has 1 aliphatic rings. The highest BCUT2D eigenvalue weighted by atomic mass is 16.5. The first-order valence-electron chi connectivity index (χ1n) is 10.4. The molecule has 2 aromatic carbocycles. The maximum absolute atomic E-state index is 12.6. The van der Waals surface area contributed by atoms with Crippen LogP contribution in [-0.4, -0.2) is 24.0 Å². The van der Waals surface area contributed by atoms with E-state index in [1.807, 2.05) is 54.6 Å². The molecule has 0 aliphatic heterocycles. The molecule has 4 heteroatoms. The average Bonchev–Trinajstić information content (AvgIpc) is 2.73.